The number of esters is 1. The van der Waals surface area contributed by atoms with Crippen LogP contribution in [0, 0.1) is 0 Å². The number of rotatable bonds is 3. The Morgan fingerprint density at radius 1 is 1.85 bits per heavy atom. The molecule has 74 valence electrons. The Hall–Kier alpha value is -0.550. The fourth-order valence-electron chi connectivity index (χ4n) is 1.01. The van der Waals surface area contributed by atoms with Crippen molar-refractivity contribution in [1.29, 1.82) is 0 Å². The summed E-state index contributed by atoms with van der Waals surface area (Å²) < 4.78 is 4.62. The average Bonchev–Trinajstić information content (AvgIpc) is 2.64. The van der Waals surface area contributed by atoms with Gasteiger partial charge in [-0.05, 0) is 14.0 Å². The van der Waals surface area contributed by atoms with Crippen molar-refractivity contribution < 1.29 is 9.53 Å². The summed E-state index contributed by atoms with van der Waals surface area (Å²) in [7, 11) is 3.27. The minimum absolute atomic E-state index is 0.222. The van der Waals surface area contributed by atoms with Crippen LogP contribution in [0.4, 0.5) is 0 Å². The summed E-state index contributed by atoms with van der Waals surface area (Å²) >= 11 is 1.61. The van der Waals surface area contributed by atoms with Crippen LogP contribution in [-0.4, -0.2) is 43.0 Å². The molecule has 1 heterocycles. The van der Waals surface area contributed by atoms with E-state index in [1.54, 1.807) is 11.8 Å². The van der Waals surface area contributed by atoms with Gasteiger partial charge in [0.2, 0.25) is 0 Å². The van der Waals surface area contributed by atoms with E-state index in [1.165, 1.54) is 7.11 Å². The molecule has 0 fully saturated rings. The second-order valence-corrected chi connectivity index (χ2v) is 3.87. The van der Waals surface area contributed by atoms with Crippen LogP contribution in [0.2, 0.25) is 0 Å². The molecule has 0 amide bonds. The number of nitrogens with zero attached hydrogens (tertiary/aromatic N) is 1. The molecule has 0 saturated heterocycles. The van der Waals surface area contributed by atoms with E-state index in [9.17, 15) is 4.79 Å². The minimum atomic E-state index is -0.305. The van der Waals surface area contributed by atoms with Crippen LogP contribution in [0.15, 0.2) is 4.99 Å². The van der Waals surface area contributed by atoms with Gasteiger partial charge in [-0.2, -0.15) is 0 Å². The molecule has 0 bridgehead atoms. The van der Waals surface area contributed by atoms with Crippen molar-refractivity contribution in [1.82, 2.24) is 5.32 Å². The monoisotopic (exact) mass is 202 g/mol. The molecule has 2 unspecified atom stereocenters. The molecule has 1 rings (SSSR count). The van der Waals surface area contributed by atoms with Gasteiger partial charge in [0.05, 0.1) is 18.2 Å². The number of hydrogen-bond donors (Lipinski definition) is 1. The van der Waals surface area contributed by atoms with Gasteiger partial charge in [0, 0.05) is 5.75 Å². The van der Waals surface area contributed by atoms with E-state index in [0.29, 0.717) is 5.75 Å². The third kappa shape index (κ3) is 2.45. The summed E-state index contributed by atoms with van der Waals surface area (Å²) in [5.41, 5.74) is 0. The number of aliphatic imine (C=N–C) groups is 1. The lowest BCUT2D eigenvalue weighted by atomic mass is 10.3. The SMILES string of the molecule is CNC(C)C1=NC(C(=O)OC)CS1. The van der Waals surface area contributed by atoms with Gasteiger partial charge in [-0.25, -0.2) is 4.79 Å². The molecular formula is C8H14N2O2S. The van der Waals surface area contributed by atoms with Gasteiger partial charge < -0.3 is 10.1 Å². The van der Waals surface area contributed by atoms with Gasteiger partial charge >= 0.3 is 5.97 Å². The zero-order valence-electron chi connectivity index (χ0n) is 8.03. The van der Waals surface area contributed by atoms with Gasteiger partial charge in [0.15, 0.2) is 6.04 Å². The Kier molecular flexibility index (Phi) is 3.74. The Labute approximate surface area is 82.1 Å². The van der Waals surface area contributed by atoms with Crippen LogP contribution in [-0.2, 0) is 9.53 Å². The lowest BCUT2D eigenvalue weighted by Gasteiger charge is -2.07. The fourth-order valence-corrected chi connectivity index (χ4v) is 2.12. The summed E-state index contributed by atoms with van der Waals surface area (Å²) in [5, 5.41) is 4.06. The van der Waals surface area contributed by atoms with E-state index in [1.807, 2.05) is 14.0 Å². The van der Waals surface area contributed by atoms with E-state index >= 15 is 0 Å². The van der Waals surface area contributed by atoms with Crippen LogP contribution in [0.5, 0.6) is 0 Å². The third-order valence-corrected chi connectivity index (χ3v) is 3.19. The van der Waals surface area contributed by atoms with E-state index < -0.39 is 0 Å². The normalized spacial score (nSPS) is 23.9. The second-order valence-electron chi connectivity index (χ2n) is 2.83. The van der Waals surface area contributed by atoms with Crippen molar-refractivity contribution in [2.24, 2.45) is 4.99 Å². The molecule has 4 nitrogen and oxygen atoms in total. The number of hydrogen-bond acceptors (Lipinski definition) is 5. The molecule has 1 aliphatic heterocycles. The van der Waals surface area contributed by atoms with Crippen LogP contribution in [0.1, 0.15) is 6.92 Å². The largest absolute Gasteiger partial charge is 0.467 e. The number of methoxy groups -OCH3 is 1. The average molecular weight is 202 g/mol. The third-order valence-electron chi connectivity index (χ3n) is 1.95. The van der Waals surface area contributed by atoms with Crippen LogP contribution >= 0.6 is 11.8 Å². The maximum atomic E-state index is 11.1. The molecular weight excluding hydrogens is 188 g/mol. The predicted octanol–water partition coefficient (Wildman–Crippen LogP) is 0.281. The van der Waals surface area contributed by atoms with E-state index in [4.69, 9.17) is 0 Å². The van der Waals surface area contributed by atoms with Crippen molar-refractivity contribution in [2.75, 3.05) is 19.9 Å². The highest BCUT2D eigenvalue weighted by Crippen LogP contribution is 2.20. The molecule has 1 N–H and O–H groups in total. The highest BCUT2D eigenvalue weighted by molar-refractivity contribution is 8.14. The molecule has 0 aliphatic carbocycles. The standard InChI is InChI=1S/C8H14N2O2S/c1-5(9-2)7-10-6(4-13-7)8(11)12-3/h5-6,9H,4H2,1-3H3. The summed E-state index contributed by atoms with van der Waals surface area (Å²) in [6.07, 6.45) is 0. The molecule has 0 aromatic rings. The van der Waals surface area contributed by atoms with Crippen LogP contribution < -0.4 is 5.32 Å². The Morgan fingerprint density at radius 2 is 2.54 bits per heavy atom. The molecule has 0 aromatic carbocycles. The predicted molar refractivity (Wildman–Crippen MR) is 54.2 cm³/mol. The zero-order chi connectivity index (χ0) is 9.84. The molecule has 13 heavy (non-hydrogen) atoms. The quantitative estimate of drug-likeness (QED) is 0.668. The molecule has 5 heteroatoms. The summed E-state index contributed by atoms with van der Waals surface area (Å²) in [6.45, 7) is 2.02. The van der Waals surface area contributed by atoms with E-state index in [2.05, 4.69) is 15.0 Å². The number of thioether (sulfide) groups is 1. The smallest absolute Gasteiger partial charge is 0.331 e. The van der Waals surface area contributed by atoms with Crippen molar-refractivity contribution in [3.05, 3.63) is 0 Å². The molecule has 1 aliphatic rings. The highest BCUT2D eigenvalue weighted by Gasteiger charge is 2.27. The van der Waals surface area contributed by atoms with Crippen LogP contribution in [0.3, 0.4) is 0 Å². The Bertz CT molecular complexity index is 230. The first kappa shape index (κ1) is 10.5. The fraction of sp³-hybridized carbons (Fsp3) is 0.750. The van der Waals surface area contributed by atoms with E-state index in [-0.39, 0.29) is 18.1 Å². The number of carbonyl (C=O) groups is 1. The Balaban J connectivity index is 2.58. The number of ether oxygens (including phenoxy) is 1. The highest BCUT2D eigenvalue weighted by atomic mass is 32.2. The van der Waals surface area contributed by atoms with Crippen LogP contribution in [0.25, 0.3) is 0 Å². The molecule has 0 radical (unpaired) electrons. The number of nitrogens with one attached hydrogen (secondary N) is 1. The van der Waals surface area contributed by atoms with Gasteiger partial charge in [-0.3, -0.25) is 4.99 Å². The van der Waals surface area contributed by atoms with E-state index in [0.717, 1.165) is 5.04 Å². The van der Waals surface area contributed by atoms with Gasteiger partial charge in [0.25, 0.3) is 0 Å². The first-order valence-corrected chi connectivity index (χ1v) is 5.13. The van der Waals surface area contributed by atoms with Gasteiger partial charge in [-0.1, -0.05) is 0 Å². The van der Waals surface area contributed by atoms with Gasteiger partial charge in [-0.15, -0.1) is 11.8 Å². The molecule has 0 spiro atoms. The zero-order valence-corrected chi connectivity index (χ0v) is 8.85. The summed E-state index contributed by atoms with van der Waals surface area (Å²) in [5.74, 6) is 0.458. The van der Waals surface area contributed by atoms with Gasteiger partial charge in [0.1, 0.15) is 0 Å². The lowest BCUT2D eigenvalue weighted by molar-refractivity contribution is -0.141. The summed E-state index contributed by atoms with van der Waals surface area (Å²) in [6, 6.07) is -0.0829. The number of carbonyl (C=O) groups excluding carboxylic acids is 1. The molecule has 0 aromatic heterocycles. The second kappa shape index (κ2) is 4.62. The maximum absolute atomic E-state index is 11.1. The molecule has 2 atom stereocenters. The minimum Gasteiger partial charge on any atom is -0.467 e. The van der Waals surface area contributed by atoms with Crippen molar-refractivity contribution >= 4 is 22.8 Å². The first-order valence-electron chi connectivity index (χ1n) is 4.14. The van der Waals surface area contributed by atoms with Crippen molar-refractivity contribution in [3.63, 3.8) is 0 Å². The lowest BCUT2D eigenvalue weighted by Crippen LogP contribution is -2.28. The molecule has 0 saturated carbocycles. The Morgan fingerprint density at radius 3 is 3.08 bits per heavy atom. The maximum Gasteiger partial charge on any atom is 0.331 e. The van der Waals surface area contributed by atoms with Crippen molar-refractivity contribution in [3.8, 4) is 0 Å². The topological polar surface area (TPSA) is 50.7 Å². The van der Waals surface area contributed by atoms with Crippen molar-refractivity contribution in [2.45, 2.75) is 19.0 Å². The first-order chi connectivity index (χ1) is 6.19. The summed E-state index contributed by atoms with van der Waals surface area (Å²) in [4.78, 5) is 15.4.